The highest BCUT2D eigenvalue weighted by Gasteiger charge is 1.98. The van der Waals surface area contributed by atoms with E-state index in [-0.39, 0.29) is 0 Å². The SMILES string of the molecule is CCCC(C)CCCN[SiH3]. The fraction of sp³-hybridized carbons (Fsp3) is 1.00. The molecule has 1 N–H and O–H groups in total. The molecule has 0 heterocycles. The third kappa shape index (κ3) is 6.30. The average Bonchev–Trinajstić information content (AvgIpc) is 1.89. The van der Waals surface area contributed by atoms with Crippen LogP contribution in [0.5, 0.6) is 0 Å². The Balaban J connectivity index is 2.97. The molecule has 1 unspecified atom stereocenters. The maximum atomic E-state index is 3.30. The maximum Gasteiger partial charge on any atom is 0.0749 e. The normalized spacial score (nSPS) is 13.8. The molecule has 1 atom stereocenters. The fourth-order valence-corrected chi connectivity index (χ4v) is 1.62. The highest BCUT2D eigenvalue weighted by Crippen LogP contribution is 2.10. The predicted molar refractivity (Wildman–Crippen MR) is 51.2 cm³/mol. The molecule has 0 radical (unpaired) electrons. The van der Waals surface area contributed by atoms with Gasteiger partial charge in [0.05, 0.1) is 10.4 Å². The van der Waals surface area contributed by atoms with Gasteiger partial charge in [-0.3, -0.25) is 0 Å². The van der Waals surface area contributed by atoms with E-state index in [1.165, 1.54) is 32.2 Å². The van der Waals surface area contributed by atoms with Gasteiger partial charge in [0.15, 0.2) is 0 Å². The van der Waals surface area contributed by atoms with Crippen molar-refractivity contribution in [3.8, 4) is 0 Å². The third-order valence-electron chi connectivity index (χ3n) is 1.91. The molecule has 0 aromatic rings. The van der Waals surface area contributed by atoms with Gasteiger partial charge in [-0.05, 0) is 25.3 Å². The molecule has 2 heteroatoms. The van der Waals surface area contributed by atoms with Crippen LogP contribution in [0.2, 0.25) is 0 Å². The second-order valence-corrected chi connectivity index (χ2v) is 3.85. The van der Waals surface area contributed by atoms with Gasteiger partial charge in [0.2, 0.25) is 0 Å². The maximum absolute atomic E-state index is 3.30. The zero-order valence-electron chi connectivity index (χ0n) is 7.61. The van der Waals surface area contributed by atoms with Gasteiger partial charge in [0.25, 0.3) is 0 Å². The molecule has 62 valence electrons. The topological polar surface area (TPSA) is 12.0 Å². The predicted octanol–water partition coefficient (Wildman–Crippen LogP) is 1.07. The van der Waals surface area contributed by atoms with E-state index in [1.807, 2.05) is 0 Å². The molecule has 0 rings (SSSR count). The molecule has 0 spiro atoms. The zero-order chi connectivity index (χ0) is 7.82. The van der Waals surface area contributed by atoms with Crippen molar-refractivity contribution in [3.05, 3.63) is 0 Å². The van der Waals surface area contributed by atoms with Crippen LogP contribution in [0.3, 0.4) is 0 Å². The molecule has 0 aliphatic heterocycles. The summed E-state index contributed by atoms with van der Waals surface area (Å²) in [6, 6.07) is 0. The molecular weight excluding hydrogens is 138 g/mol. The van der Waals surface area contributed by atoms with Crippen LogP contribution in [0.4, 0.5) is 0 Å². The van der Waals surface area contributed by atoms with Gasteiger partial charge >= 0.3 is 0 Å². The molecule has 0 aliphatic rings. The Kier molecular flexibility index (Phi) is 7.41. The second kappa shape index (κ2) is 7.29. The Morgan fingerprint density at radius 2 is 2.10 bits per heavy atom. The van der Waals surface area contributed by atoms with Gasteiger partial charge in [-0.1, -0.05) is 26.7 Å². The molecule has 0 aromatic carbocycles. The molecule has 10 heavy (non-hydrogen) atoms. The molecule has 0 aliphatic carbocycles. The lowest BCUT2D eigenvalue weighted by Crippen LogP contribution is -2.10. The van der Waals surface area contributed by atoms with Crippen molar-refractivity contribution in [1.29, 1.82) is 0 Å². The van der Waals surface area contributed by atoms with Crippen molar-refractivity contribution in [2.75, 3.05) is 6.54 Å². The van der Waals surface area contributed by atoms with Crippen molar-refractivity contribution in [2.45, 2.75) is 39.5 Å². The summed E-state index contributed by atoms with van der Waals surface area (Å²) in [5, 5.41) is 0. The number of nitrogens with one attached hydrogen (secondary N) is 1. The first-order valence-corrected chi connectivity index (χ1v) is 5.45. The first-order valence-electron chi connectivity index (χ1n) is 4.45. The summed E-state index contributed by atoms with van der Waals surface area (Å²) < 4.78 is 0. The summed E-state index contributed by atoms with van der Waals surface area (Å²) in [6.45, 7) is 5.86. The summed E-state index contributed by atoms with van der Waals surface area (Å²) in [7, 11) is 1.15. The minimum atomic E-state index is 0.944. The molecule has 1 nitrogen and oxygen atoms in total. The lowest BCUT2D eigenvalue weighted by Gasteiger charge is -2.08. The van der Waals surface area contributed by atoms with Gasteiger partial charge in [-0.2, -0.15) is 0 Å². The van der Waals surface area contributed by atoms with Crippen LogP contribution < -0.4 is 4.98 Å². The van der Waals surface area contributed by atoms with E-state index in [9.17, 15) is 0 Å². The molecule has 0 saturated heterocycles. The van der Waals surface area contributed by atoms with Crippen LogP contribution in [0.1, 0.15) is 39.5 Å². The van der Waals surface area contributed by atoms with E-state index in [2.05, 4.69) is 18.8 Å². The molecule has 0 bridgehead atoms. The van der Waals surface area contributed by atoms with Crippen molar-refractivity contribution in [1.82, 2.24) is 4.98 Å². The lowest BCUT2D eigenvalue weighted by atomic mass is 10.0. The quantitative estimate of drug-likeness (QED) is 0.452. The number of rotatable bonds is 6. The van der Waals surface area contributed by atoms with Gasteiger partial charge in [0, 0.05) is 0 Å². The highest BCUT2D eigenvalue weighted by atomic mass is 28.2. The lowest BCUT2D eigenvalue weighted by molar-refractivity contribution is 0.469. The molecular formula is C8H21NSi. The monoisotopic (exact) mass is 159 g/mol. The van der Waals surface area contributed by atoms with E-state index in [4.69, 9.17) is 0 Å². The van der Waals surface area contributed by atoms with Gasteiger partial charge in [-0.25, -0.2) is 0 Å². The molecule has 0 saturated carbocycles. The number of hydrogen-bond donors (Lipinski definition) is 1. The smallest absolute Gasteiger partial charge is 0.0749 e. The van der Waals surface area contributed by atoms with Crippen molar-refractivity contribution in [2.24, 2.45) is 5.92 Å². The summed E-state index contributed by atoms with van der Waals surface area (Å²) in [6.07, 6.45) is 5.52. The standard InChI is InChI=1S/C8H21NSi/c1-3-5-8(2)6-4-7-9-10/h8-9H,3-7H2,1-2,10H3. The molecule has 0 fully saturated rings. The van der Waals surface area contributed by atoms with Crippen LogP contribution in [-0.2, 0) is 0 Å². The minimum absolute atomic E-state index is 0.944. The Hall–Kier alpha value is 0.177. The first kappa shape index (κ1) is 10.2. The van der Waals surface area contributed by atoms with E-state index in [1.54, 1.807) is 0 Å². The van der Waals surface area contributed by atoms with Crippen molar-refractivity contribution >= 4 is 10.4 Å². The summed E-state index contributed by atoms with van der Waals surface area (Å²) >= 11 is 0. The fourth-order valence-electron chi connectivity index (χ4n) is 1.26. The van der Waals surface area contributed by atoms with Crippen LogP contribution >= 0.6 is 0 Å². The van der Waals surface area contributed by atoms with E-state index in [0.717, 1.165) is 16.3 Å². The first-order chi connectivity index (χ1) is 4.81. The van der Waals surface area contributed by atoms with Crippen LogP contribution in [-0.4, -0.2) is 16.9 Å². The van der Waals surface area contributed by atoms with Crippen LogP contribution in [0.25, 0.3) is 0 Å². The van der Waals surface area contributed by atoms with Gasteiger partial charge in [0.1, 0.15) is 0 Å². The second-order valence-electron chi connectivity index (χ2n) is 3.14. The van der Waals surface area contributed by atoms with Gasteiger partial charge in [-0.15, -0.1) is 0 Å². The van der Waals surface area contributed by atoms with Crippen LogP contribution in [0.15, 0.2) is 0 Å². The Morgan fingerprint density at radius 3 is 2.60 bits per heavy atom. The zero-order valence-corrected chi connectivity index (χ0v) is 9.61. The van der Waals surface area contributed by atoms with E-state index < -0.39 is 0 Å². The summed E-state index contributed by atoms with van der Waals surface area (Å²) in [4.78, 5) is 3.30. The average molecular weight is 159 g/mol. The Labute approximate surface area is 68.1 Å². The van der Waals surface area contributed by atoms with Crippen LogP contribution in [0, 0.1) is 5.92 Å². The third-order valence-corrected chi connectivity index (χ3v) is 2.41. The van der Waals surface area contributed by atoms with E-state index >= 15 is 0 Å². The summed E-state index contributed by atoms with van der Waals surface area (Å²) in [5.41, 5.74) is 0. The van der Waals surface area contributed by atoms with Crippen molar-refractivity contribution < 1.29 is 0 Å². The number of hydrogen-bond acceptors (Lipinski definition) is 1. The van der Waals surface area contributed by atoms with Crippen molar-refractivity contribution in [3.63, 3.8) is 0 Å². The molecule has 0 amide bonds. The largest absolute Gasteiger partial charge is 0.345 e. The van der Waals surface area contributed by atoms with Gasteiger partial charge < -0.3 is 4.98 Å². The molecule has 0 aromatic heterocycles. The van der Waals surface area contributed by atoms with E-state index in [0.29, 0.717) is 0 Å². The Morgan fingerprint density at radius 1 is 1.40 bits per heavy atom. The highest BCUT2D eigenvalue weighted by molar-refractivity contribution is 6.04. The Bertz CT molecular complexity index is 66.3. The summed E-state index contributed by atoms with van der Waals surface area (Å²) in [5.74, 6) is 0.944. The minimum Gasteiger partial charge on any atom is -0.345 e.